The SMILES string of the molecule is CCCC1O[C@H](C(=O)CNC)[C@@]2(C)C[C@H](O)[C@@H]3[C@@]4(CCC5=CC(=O)C=C[C@@]53C)[C@@H](C[C@@H]24)O1. The van der Waals surface area contributed by atoms with Gasteiger partial charge in [0, 0.05) is 22.2 Å². The van der Waals surface area contributed by atoms with Crippen LogP contribution in [0.5, 0.6) is 0 Å². The fourth-order valence-electron chi connectivity index (χ4n) is 8.35. The first-order chi connectivity index (χ1) is 15.2. The highest BCUT2D eigenvalue weighted by Crippen LogP contribution is 2.75. The molecule has 2 heterocycles. The molecular formula is C26H37NO5. The second-order valence-corrected chi connectivity index (χ2v) is 11.2. The molecule has 9 atom stereocenters. The van der Waals surface area contributed by atoms with Gasteiger partial charge < -0.3 is 19.9 Å². The summed E-state index contributed by atoms with van der Waals surface area (Å²) < 4.78 is 13.0. The molecule has 4 bridgehead atoms. The molecule has 2 aliphatic heterocycles. The molecular weight excluding hydrogens is 406 g/mol. The van der Waals surface area contributed by atoms with Crippen molar-refractivity contribution in [1.29, 1.82) is 0 Å². The Kier molecular flexibility index (Phi) is 5.32. The predicted octanol–water partition coefficient (Wildman–Crippen LogP) is 2.94. The highest BCUT2D eigenvalue weighted by Gasteiger charge is 2.75. The lowest BCUT2D eigenvalue weighted by Gasteiger charge is -2.75. The summed E-state index contributed by atoms with van der Waals surface area (Å²) in [4.78, 5) is 25.4. The van der Waals surface area contributed by atoms with Gasteiger partial charge in [0.25, 0.3) is 0 Å². The average Bonchev–Trinajstić information content (AvgIpc) is 2.72. The Morgan fingerprint density at radius 3 is 2.81 bits per heavy atom. The second kappa shape index (κ2) is 7.59. The molecule has 32 heavy (non-hydrogen) atoms. The molecule has 1 spiro atoms. The van der Waals surface area contributed by atoms with E-state index in [0.717, 1.165) is 37.7 Å². The smallest absolute Gasteiger partial charge is 0.178 e. The van der Waals surface area contributed by atoms with Crippen molar-refractivity contribution in [2.24, 2.45) is 28.1 Å². The van der Waals surface area contributed by atoms with E-state index in [1.54, 1.807) is 19.2 Å². The Balaban J connectivity index is 1.62. The summed E-state index contributed by atoms with van der Waals surface area (Å²) in [6, 6.07) is 0. The number of aliphatic hydroxyl groups excluding tert-OH is 1. The number of ether oxygens (including phenoxy) is 2. The summed E-state index contributed by atoms with van der Waals surface area (Å²) in [5, 5.41) is 14.7. The zero-order valence-corrected chi connectivity index (χ0v) is 19.7. The third-order valence-corrected chi connectivity index (χ3v) is 9.55. The number of carbonyl (C=O) groups is 2. The minimum atomic E-state index is -0.599. The molecule has 0 aromatic heterocycles. The van der Waals surface area contributed by atoms with Crippen LogP contribution in [0, 0.1) is 28.1 Å². The molecule has 176 valence electrons. The summed E-state index contributed by atoms with van der Waals surface area (Å²) in [5.41, 5.74) is 0.116. The number of Topliss-reactive ketones (excluding diaryl/α,β-unsaturated/α-hetero) is 1. The van der Waals surface area contributed by atoms with Crippen LogP contribution in [0.4, 0.5) is 0 Å². The first kappa shape index (κ1) is 22.5. The molecule has 5 fully saturated rings. The molecule has 6 heteroatoms. The zero-order chi connectivity index (χ0) is 22.9. The molecule has 3 saturated carbocycles. The van der Waals surface area contributed by atoms with Crippen molar-refractivity contribution in [3.63, 3.8) is 0 Å². The summed E-state index contributed by atoms with van der Waals surface area (Å²) >= 11 is 0. The van der Waals surface area contributed by atoms with Crippen LogP contribution in [-0.4, -0.2) is 54.9 Å². The van der Waals surface area contributed by atoms with Gasteiger partial charge in [0.15, 0.2) is 17.9 Å². The van der Waals surface area contributed by atoms with Gasteiger partial charge in [-0.15, -0.1) is 0 Å². The van der Waals surface area contributed by atoms with Gasteiger partial charge in [0.05, 0.1) is 18.8 Å². The number of ketones is 2. The molecule has 6 rings (SSSR count). The molecule has 1 unspecified atom stereocenters. The van der Waals surface area contributed by atoms with Crippen molar-refractivity contribution in [2.75, 3.05) is 13.6 Å². The fraction of sp³-hybridized carbons (Fsp3) is 0.769. The van der Waals surface area contributed by atoms with Gasteiger partial charge in [0.2, 0.25) is 0 Å². The Hall–Kier alpha value is -1.34. The van der Waals surface area contributed by atoms with Gasteiger partial charge in [-0.25, -0.2) is 0 Å². The van der Waals surface area contributed by atoms with E-state index in [4.69, 9.17) is 9.47 Å². The lowest BCUT2D eigenvalue weighted by molar-refractivity contribution is -0.370. The minimum absolute atomic E-state index is 0.00748. The molecule has 6 aliphatic rings. The molecule has 4 aliphatic carbocycles. The second-order valence-electron chi connectivity index (χ2n) is 11.2. The molecule has 0 aromatic rings. The molecule has 2 saturated heterocycles. The van der Waals surface area contributed by atoms with Gasteiger partial charge in [0.1, 0.15) is 6.10 Å². The molecule has 0 radical (unpaired) electrons. The summed E-state index contributed by atoms with van der Waals surface area (Å²) in [6.45, 7) is 6.70. The molecule has 2 N–H and O–H groups in total. The van der Waals surface area contributed by atoms with Gasteiger partial charge in [-0.05, 0) is 57.2 Å². The van der Waals surface area contributed by atoms with Gasteiger partial charge >= 0.3 is 0 Å². The van der Waals surface area contributed by atoms with E-state index in [1.807, 2.05) is 6.08 Å². The maximum absolute atomic E-state index is 13.3. The number of hydrogen-bond donors (Lipinski definition) is 2. The maximum Gasteiger partial charge on any atom is 0.178 e. The Morgan fingerprint density at radius 2 is 2.09 bits per heavy atom. The summed E-state index contributed by atoms with van der Waals surface area (Å²) in [5.74, 6) is 0.288. The van der Waals surface area contributed by atoms with Crippen LogP contribution >= 0.6 is 0 Å². The number of likely N-dealkylation sites (N-methyl/N-ethyl adjacent to an activating group) is 1. The molecule has 0 aromatic carbocycles. The Bertz CT molecular complexity index is 881. The van der Waals surface area contributed by atoms with Gasteiger partial charge in [-0.2, -0.15) is 0 Å². The summed E-state index contributed by atoms with van der Waals surface area (Å²) in [6.07, 6.45) is 8.71. The van der Waals surface area contributed by atoms with Crippen molar-refractivity contribution < 1.29 is 24.2 Å². The average molecular weight is 444 g/mol. The summed E-state index contributed by atoms with van der Waals surface area (Å²) in [7, 11) is 1.78. The standard InChI is InChI=1S/C26H37NO5/c1-5-6-21-31-20-12-19-25(3,23(32-21)18(30)14-27-4)13-17(29)22-24(2)9-8-16(28)11-15(24)7-10-26(19,20)22/h8-9,11,17,19-23,27,29H,5-7,10,12-14H2,1-4H3/t17-,19-,20+,21?,22-,23+,24-,25-,26+/m0/s1. The van der Waals surface area contributed by atoms with Crippen molar-refractivity contribution in [1.82, 2.24) is 5.32 Å². The van der Waals surface area contributed by atoms with E-state index in [-0.39, 0.29) is 46.9 Å². The number of carbonyl (C=O) groups excluding carboxylic acids is 2. The zero-order valence-electron chi connectivity index (χ0n) is 19.7. The predicted molar refractivity (Wildman–Crippen MR) is 120 cm³/mol. The van der Waals surface area contributed by atoms with E-state index < -0.39 is 23.9 Å². The number of nitrogens with one attached hydrogen (secondary N) is 1. The minimum Gasteiger partial charge on any atom is -0.393 e. The van der Waals surface area contributed by atoms with Crippen LogP contribution in [0.25, 0.3) is 0 Å². The van der Waals surface area contributed by atoms with Crippen LogP contribution in [-0.2, 0) is 19.1 Å². The van der Waals surface area contributed by atoms with E-state index in [0.29, 0.717) is 6.42 Å². The van der Waals surface area contributed by atoms with Crippen molar-refractivity contribution in [3.05, 3.63) is 23.8 Å². The molecule has 6 nitrogen and oxygen atoms in total. The van der Waals surface area contributed by atoms with Crippen molar-refractivity contribution >= 4 is 11.6 Å². The monoisotopic (exact) mass is 443 g/mol. The number of allylic oxidation sites excluding steroid dienone is 4. The van der Waals surface area contributed by atoms with Crippen molar-refractivity contribution in [2.45, 2.75) is 83.9 Å². The van der Waals surface area contributed by atoms with E-state index in [2.05, 4.69) is 26.1 Å². The van der Waals surface area contributed by atoms with Gasteiger partial charge in [-0.3, -0.25) is 9.59 Å². The van der Waals surface area contributed by atoms with Crippen LogP contribution in [0.2, 0.25) is 0 Å². The van der Waals surface area contributed by atoms with E-state index >= 15 is 0 Å². The third-order valence-electron chi connectivity index (χ3n) is 9.55. The number of hydrogen-bond acceptors (Lipinski definition) is 6. The fourth-order valence-corrected chi connectivity index (χ4v) is 8.35. The third kappa shape index (κ3) is 2.85. The van der Waals surface area contributed by atoms with Crippen LogP contribution in [0.1, 0.15) is 59.3 Å². The van der Waals surface area contributed by atoms with E-state index in [1.165, 1.54) is 0 Å². The van der Waals surface area contributed by atoms with Gasteiger partial charge in [-0.1, -0.05) is 38.8 Å². The number of aliphatic hydroxyl groups is 1. The lowest BCUT2D eigenvalue weighted by Crippen LogP contribution is -2.76. The largest absolute Gasteiger partial charge is 0.393 e. The lowest BCUT2D eigenvalue weighted by atomic mass is 9.32. The topological polar surface area (TPSA) is 84.9 Å². The normalized spacial score (nSPS) is 49.2. The Labute approximate surface area is 190 Å². The quantitative estimate of drug-likeness (QED) is 0.680. The van der Waals surface area contributed by atoms with Crippen LogP contribution in [0.15, 0.2) is 23.8 Å². The van der Waals surface area contributed by atoms with Crippen LogP contribution < -0.4 is 5.32 Å². The van der Waals surface area contributed by atoms with Crippen molar-refractivity contribution in [3.8, 4) is 0 Å². The van der Waals surface area contributed by atoms with E-state index in [9.17, 15) is 14.7 Å². The number of fused-ring (bicyclic) bond motifs is 5. The highest BCUT2D eigenvalue weighted by atomic mass is 16.7. The molecule has 0 amide bonds. The Morgan fingerprint density at radius 1 is 1.31 bits per heavy atom. The van der Waals surface area contributed by atoms with Crippen LogP contribution in [0.3, 0.4) is 0 Å². The first-order valence-electron chi connectivity index (χ1n) is 12.3. The highest BCUT2D eigenvalue weighted by molar-refractivity contribution is 6.01. The first-order valence-corrected chi connectivity index (χ1v) is 12.3. The maximum atomic E-state index is 13.3. The number of rotatable bonds is 5.